The Kier molecular flexibility index (Phi) is 4.21. The molecule has 0 aliphatic heterocycles. The molecule has 1 aromatic heterocycles. The number of nitrogen functional groups attached to an aromatic ring is 1. The van der Waals surface area contributed by atoms with Crippen LogP contribution in [0.25, 0.3) is 0 Å². The molecule has 4 N–H and O–H groups in total. The fourth-order valence-corrected chi connectivity index (χ4v) is 1.16. The first-order valence-electron chi connectivity index (χ1n) is 4.90. The van der Waals surface area contributed by atoms with Crippen LogP contribution in [-0.2, 0) is 4.79 Å². The SMILES string of the molecule is C=CCC(NC(=O)c1ccc(N)cn1)C(=O)O. The van der Waals surface area contributed by atoms with Gasteiger partial charge in [0.05, 0.1) is 11.9 Å². The van der Waals surface area contributed by atoms with Crippen molar-refractivity contribution in [1.82, 2.24) is 10.3 Å². The Morgan fingerprint density at radius 1 is 1.59 bits per heavy atom. The van der Waals surface area contributed by atoms with E-state index in [0.29, 0.717) is 5.69 Å². The predicted molar refractivity (Wildman–Crippen MR) is 62.4 cm³/mol. The van der Waals surface area contributed by atoms with Crippen molar-refractivity contribution in [3.8, 4) is 0 Å². The number of amides is 1. The lowest BCUT2D eigenvalue weighted by Gasteiger charge is -2.11. The van der Waals surface area contributed by atoms with Gasteiger partial charge in [0.15, 0.2) is 0 Å². The average molecular weight is 235 g/mol. The molecular formula is C11H13N3O3. The van der Waals surface area contributed by atoms with Gasteiger partial charge < -0.3 is 16.2 Å². The monoisotopic (exact) mass is 235 g/mol. The number of pyridine rings is 1. The molecule has 0 aromatic carbocycles. The van der Waals surface area contributed by atoms with Gasteiger partial charge in [-0.25, -0.2) is 9.78 Å². The second-order valence-corrected chi connectivity index (χ2v) is 3.37. The Labute approximate surface area is 98.2 Å². The maximum absolute atomic E-state index is 11.6. The molecular weight excluding hydrogens is 222 g/mol. The number of aromatic nitrogens is 1. The number of hydrogen-bond acceptors (Lipinski definition) is 4. The third-order valence-corrected chi connectivity index (χ3v) is 2.02. The van der Waals surface area contributed by atoms with E-state index in [1.54, 1.807) is 0 Å². The number of carbonyl (C=O) groups is 2. The molecule has 90 valence electrons. The van der Waals surface area contributed by atoms with Gasteiger partial charge in [0, 0.05) is 0 Å². The fourth-order valence-electron chi connectivity index (χ4n) is 1.16. The van der Waals surface area contributed by atoms with Gasteiger partial charge in [0.25, 0.3) is 5.91 Å². The van der Waals surface area contributed by atoms with Crippen LogP contribution in [0.3, 0.4) is 0 Å². The van der Waals surface area contributed by atoms with Gasteiger partial charge in [0.1, 0.15) is 11.7 Å². The largest absolute Gasteiger partial charge is 0.480 e. The van der Waals surface area contributed by atoms with Crippen molar-refractivity contribution in [2.24, 2.45) is 0 Å². The zero-order valence-corrected chi connectivity index (χ0v) is 9.09. The fraction of sp³-hybridized carbons (Fsp3) is 0.182. The highest BCUT2D eigenvalue weighted by atomic mass is 16.4. The molecule has 1 heterocycles. The number of nitrogens with zero attached hydrogens (tertiary/aromatic N) is 1. The number of nitrogens with two attached hydrogens (primary N) is 1. The lowest BCUT2D eigenvalue weighted by Crippen LogP contribution is -2.40. The third-order valence-electron chi connectivity index (χ3n) is 2.02. The molecule has 1 amide bonds. The van der Waals surface area contributed by atoms with E-state index >= 15 is 0 Å². The minimum atomic E-state index is -1.12. The minimum Gasteiger partial charge on any atom is -0.480 e. The number of carboxylic acid groups (broad SMARTS) is 1. The summed E-state index contributed by atoms with van der Waals surface area (Å²) in [5, 5.41) is 11.2. The summed E-state index contributed by atoms with van der Waals surface area (Å²) < 4.78 is 0. The first-order valence-corrected chi connectivity index (χ1v) is 4.90. The van der Waals surface area contributed by atoms with Gasteiger partial charge in [0.2, 0.25) is 0 Å². The van der Waals surface area contributed by atoms with Crippen LogP contribution >= 0.6 is 0 Å². The average Bonchev–Trinajstić information content (AvgIpc) is 2.29. The summed E-state index contributed by atoms with van der Waals surface area (Å²) in [4.78, 5) is 26.2. The molecule has 0 aliphatic carbocycles. The maximum Gasteiger partial charge on any atom is 0.326 e. The number of rotatable bonds is 5. The van der Waals surface area contributed by atoms with E-state index < -0.39 is 17.9 Å². The Morgan fingerprint density at radius 2 is 2.29 bits per heavy atom. The summed E-state index contributed by atoms with van der Waals surface area (Å²) in [5.74, 6) is -1.67. The molecule has 6 heteroatoms. The molecule has 1 atom stereocenters. The smallest absolute Gasteiger partial charge is 0.326 e. The summed E-state index contributed by atoms with van der Waals surface area (Å²) in [6.07, 6.45) is 2.91. The van der Waals surface area contributed by atoms with E-state index in [1.807, 2.05) is 0 Å². The lowest BCUT2D eigenvalue weighted by molar-refractivity contribution is -0.139. The van der Waals surface area contributed by atoms with Crippen LogP contribution < -0.4 is 11.1 Å². The van der Waals surface area contributed by atoms with Gasteiger partial charge >= 0.3 is 5.97 Å². The van der Waals surface area contributed by atoms with E-state index in [4.69, 9.17) is 10.8 Å². The van der Waals surface area contributed by atoms with Crippen molar-refractivity contribution >= 4 is 17.6 Å². The normalized spacial score (nSPS) is 11.5. The third kappa shape index (κ3) is 3.60. The summed E-state index contributed by atoms with van der Waals surface area (Å²) in [6.45, 7) is 3.43. The number of anilines is 1. The van der Waals surface area contributed by atoms with E-state index in [1.165, 1.54) is 24.4 Å². The number of carboxylic acids is 1. The number of aliphatic carboxylic acids is 1. The second kappa shape index (κ2) is 5.64. The zero-order chi connectivity index (χ0) is 12.8. The quantitative estimate of drug-likeness (QED) is 0.641. The van der Waals surface area contributed by atoms with Crippen molar-refractivity contribution in [2.75, 3.05) is 5.73 Å². The van der Waals surface area contributed by atoms with Gasteiger partial charge in [-0.3, -0.25) is 4.79 Å². The standard InChI is InChI=1S/C11H13N3O3/c1-2-3-9(11(16)17)14-10(15)8-5-4-7(12)6-13-8/h2,4-6,9H,1,3,12H2,(H,14,15)(H,16,17). The van der Waals surface area contributed by atoms with Crippen LogP contribution in [0, 0.1) is 0 Å². The molecule has 1 rings (SSSR count). The first-order chi connectivity index (χ1) is 8.04. The van der Waals surface area contributed by atoms with Crippen molar-refractivity contribution < 1.29 is 14.7 Å². The van der Waals surface area contributed by atoms with E-state index in [9.17, 15) is 9.59 Å². The summed E-state index contributed by atoms with van der Waals surface area (Å²) in [5.41, 5.74) is 5.98. The summed E-state index contributed by atoms with van der Waals surface area (Å²) in [7, 11) is 0. The number of carbonyl (C=O) groups excluding carboxylic acids is 1. The Hall–Kier alpha value is -2.37. The molecule has 0 aliphatic rings. The Bertz CT molecular complexity index is 428. The van der Waals surface area contributed by atoms with Gasteiger partial charge in [-0.15, -0.1) is 6.58 Å². The topological polar surface area (TPSA) is 105 Å². The van der Waals surface area contributed by atoms with Crippen molar-refractivity contribution in [3.05, 3.63) is 36.7 Å². The van der Waals surface area contributed by atoms with Crippen molar-refractivity contribution in [2.45, 2.75) is 12.5 Å². The van der Waals surface area contributed by atoms with Gasteiger partial charge in [-0.1, -0.05) is 6.08 Å². The van der Waals surface area contributed by atoms with Gasteiger partial charge in [-0.05, 0) is 18.6 Å². The van der Waals surface area contributed by atoms with Crippen LogP contribution in [0.15, 0.2) is 31.0 Å². The molecule has 0 saturated carbocycles. The van der Waals surface area contributed by atoms with E-state index in [-0.39, 0.29) is 12.1 Å². The molecule has 1 aromatic rings. The van der Waals surface area contributed by atoms with E-state index in [0.717, 1.165) is 0 Å². The predicted octanol–water partition coefficient (Wildman–Crippen LogP) is 0.423. The Balaban J connectivity index is 2.73. The summed E-state index contributed by atoms with van der Waals surface area (Å²) in [6, 6.07) is 1.95. The molecule has 1 unspecified atom stereocenters. The molecule has 6 nitrogen and oxygen atoms in total. The highest BCUT2D eigenvalue weighted by Crippen LogP contribution is 2.02. The van der Waals surface area contributed by atoms with Crippen LogP contribution in [0.1, 0.15) is 16.9 Å². The van der Waals surface area contributed by atoms with Crippen LogP contribution in [0.2, 0.25) is 0 Å². The highest BCUT2D eigenvalue weighted by molar-refractivity contribution is 5.95. The van der Waals surface area contributed by atoms with Crippen LogP contribution in [0.5, 0.6) is 0 Å². The maximum atomic E-state index is 11.6. The molecule has 17 heavy (non-hydrogen) atoms. The lowest BCUT2D eigenvalue weighted by atomic mass is 10.2. The van der Waals surface area contributed by atoms with Gasteiger partial charge in [-0.2, -0.15) is 0 Å². The molecule has 0 radical (unpaired) electrons. The first kappa shape index (κ1) is 12.7. The zero-order valence-electron chi connectivity index (χ0n) is 9.09. The molecule has 0 fully saturated rings. The van der Waals surface area contributed by atoms with Crippen LogP contribution in [0.4, 0.5) is 5.69 Å². The molecule has 0 bridgehead atoms. The molecule has 0 spiro atoms. The number of hydrogen-bond donors (Lipinski definition) is 3. The van der Waals surface area contributed by atoms with E-state index in [2.05, 4.69) is 16.9 Å². The Morgan fingerprint density at radius 3 is 2.76 bits per heavy atom. The second-order valence-electron chi connectivity index (χ2n) is 3.37. The van der Waals surface area contributed by atoms with Crippen molar-refractivity contribution in [1.29, 1.82) is 0 Å². The van der Waals surface area contributed by atoms with Crippen molar-refractivity contribution in [3.63, 3.8) is 0 Å². The minimum absolute atomic E-state index is 0.120. The highest BCUT2D eigenvalue weighted by Gasteiger charge is 2.19. The number of nitrogens with one attached hydrogen (secondary N) is 1. The summed E-state index contributed by atoms with van der Waals surface area (Å²) >= 11 is 0. The molecule has 0 saturated heterocycles. The van der Waals surface area contributed by atoms with Crippen LogP contribution in [-0.4, -0.2) is 28.0 Å².